The Morgan fingerprint density at radius 1 is 1.29 bits per heavy atom. The number of carbonyl (C=O) groups is 1. The minimum Gasteiger partial charge on any atom is -0.484 e. The number of hydrogen-bond donors (Lipinski definition) is 2. The highest BCUT2D eigenvalue weighted by Crippen LogP contribution is 2.33. The van der Waals surface area contributed by atoms with Gasteiger partial charge in [0, 0.05) is 13.1 Å². The van der Waals surface area contributed by atoms with Crippen molar-refractivity contribution in [1.29, 1.82) is 0 Å². The van der Waals surface area contributed by atoms with Crippen LogP contribution in [-0.2, 0) is 4.79 Å². The summed E-state index contributed by atoms with van der Waals surface area (Å²) >= 11 is 0. The molecule has 0 unspecified atom stereocenters. The van der Waals surface area contributed by atoms with E-state index >= 15 is 0 Å². The van der Waals surface area contributed by atoms with E-state index in [0.29, 0.717) is 24.8 Å². The minimum absolute atomic E-state index is 0.0679. The summed E-state index contributed by atoms with van der Waals surface area (Å²) in [4.78, 5) is 33.0. The Morgan fingerprint density at radius 3 is 2.68 bits per heavy atom. The second-order valence-electron chi connectivity index (χ2n) is 6.60. The number of ether oxygens (including phenoxy) is 1. The van der Waals surface area contributed by atoms with Crippen LogP contribution in [0.5, 0.6) is 5.75 Å². The van der Waals surface area contributed by atoms with Gasteiger partial charge >= 0.3 is 5.69 Å². The number of nitrogens with one attached hydrogen (secondary N) is 2. The van der Waals surface area contributed by atoms with Gasteiger partial charge in [-0.25, -0.2) is 9.97 Å². The van der Waals surface area contributed by atoms with E-state index in [-0.39, 0.29) is 23.9 Å². The number of rotatable bonds is 7. The van der Waals surface area contributed by atoms with Crippen molar-refractivity contribution in [1.82, 2.24) is 15.4 Å². The summed E-state index contributed by atoms with van der Waals surface area (Å²) < 4.78 is 5.34. The van der Waals surface area contributed by atoms with Crippen molar-refractivity contribution >= 4 is 23.2 Å². The van der Waals surface area contributed by atoms with Crippen molar-refractivity contribution in [3.63, 3.8) is 0 Å². The second kappa shape index (κ2) is 8.98. The second-order valence-corrected chi connectivity index (χ2v) is 6.60. The monoisotopic (exact) mass is 386 g/mol. The van der Waals surface area contributed by atoms with Crippen LogP contribution in [0.2, 0.25) is 0 Å². The predicted octanol–water partition coefficient (Wildman–Crippen LogP) is 2.14. The van der Waals surface area contributed by atoms with Crippen LogP contribution >= 0.6 is 0 Å². The van der Waals surface area contributed by atoms with E-state index in [2.05, 4.69) is 27.7 Å². The molecular weight excluding hydrogens is 364 g/mol. The SMILES string of the molecule is CC1CCN(c2ncnc(NNC(=O)COc3ccccc3)c2[N+](=O)[O-])CC1. The van der Waals surface area contributed by atoms with E-state index < -0.39 is 10.8 Å². The van der Waals surface area contributed by atoms with Crippen LogP contribution in [0.15, 0.2) is 36.7 Å². The number of nitrogens with zero attached hydrogens (tertiary/aromatic N) is 4. The summed E-state index contributed by atoms with van der Waals surface area (Å²) in [7, 11) is 0. The quantitative estimate of drug-likeness (QED) is 0.548. The predicted molar refractivity (Wildman–Crippen MR) is 103 cm³/mol. The summed E-state index contributed by atoms with van der Waals surface area (Å²) in [5.41, 5.74) is 4.63. The lowest BCUT2D eigenvalue weighted by Gasteiger charge is -2.30. The van der Waals surface area contributed by atoms with Crippen LogP contribution in [0.1, 0.15) is 19.8 Å². The van der Waals surface area contributed by atoms with E-state index in [9.17, 15) is 14.9 Å². The van der Waals surface area contributed by atoms with Gasteiger partial charge in [-0.3, -0.25) is 25.8 Å². The number of hydrazine groups is 1. The lowest BCUT2D eigenvalue weighted by molar-refractivity contribution is -0.383. The van der Waals surface area contributed by atoms with Crippen LogP contribution in [0.3, 0.4) is 0 Å². The number of amides is 1. The number of carbonyl (C=O) groups excluding carboxylic acids is 1. The molecule has 1 fully saturated rings. The molecule has 1 amide bonds. The van der Waals surface area contributed by atoms with Crippen molar-refractivity contribution in [3.8, 4) is 5.75 Å². The van der Waals surface area contributed by atoms with E-state index in [1.165, 1.54) is 6.33 Å². The van der Waals surface area contributed by atoms with E-state index in [1.54, 1.807) is 24.3 Å². The molecule has 0 bridgehead atoms. The van der Waals surface area contributed by atoms with Gasteiger partial charge in [-0.05, 0) is 30.9 Å². The number of aromatic nitrogens is 2. The fraction of sp³-hybridized carbons (Fsp3) is 0.389. The molecule has 0 atom stereocenters. The van der Waals surface area contributed by atoms with Gasteiger partial charge in [0.15, 0.2) is 6.61 Å². The summed E-state index contributed by atoms with van der Waals surface area (Å²) in [6.45, 7) is 3.30. The molecule has 3 rings (SSSR count). The molecular formula is C18H22N6O4. The minimum atomic E-state index is -0.539. The Labute approximate surface area is 162 Å². The molecule has 2 heterocycles. The molecule has 28 heavy (non-hydrogen) atoms. The molecule has 1 aliphatic heterocycles. The molecule has 2 N–H and O–H groups in total. The van der Waals surface area contributed by atoms with Gasteiger partial charge in [0.1, 0.15) is 12.1 Å². The zero-order valence-electron chi connectivity index (χ0n) is 15.5. The molecule has 1 aromatic heterocycles. The fourth-order valence-electron chi connectivity index (χ4n) is 2.91. The third-order valence-corrected chi connectivity index (χ3v) is 4.50. The maximum atomic E-state index is 12.0. The lowest BCUT2D eigenvalue weighted by Crippen LogP contribution is -2.36. The topological polar surface area (TPSA) is 123 Å². The first-order valence-electron chi connectivity index (χ1n) is 9.01. The molecule has 0 aliphatic carbocycles. The van der Waals surface area contributed by atoms with Crippen LogP contribution in [0, 0.1) is 16.0 Å². The van der Waals surface area contributed by atoms with E-state index in [0.717, 1.165) is 12.8 Å². The first-order valence-corrected chi connectivity index (χ1v) is 9.01. The van der Waals surface area contributed by atoms with Gasteiger partial charge in [-0.2, -0.15) is 0 Å². The number of anilines is 2. The van der Waals surface area contributed by atoms with E-state index in [1.807, 2.05) is 11.0 Å². The highest BCUT2D eigenvalue weighted by molar-refractivity contribution is 5.80. The summed E-state index contributed by atoms with van der Waals surface area (Å²) in [5, 5.41) is 11.6. The molecule has 10 heteroatoms. The first-order chi connectivity index (χ1) is 13.5. The first kappa shape index (κ1) is 19.3. The third-order valence-electron chi connectivity index (χ3n) is 4.50. The highest BCUT2D eigenvalue weighted by atomic mass is 16.6. The normalized spacial score (nSPS) is 14.4. The van der Waals surface area contributed by atoms with E-state index in [4.69, 9.17) is 4.74 Å². The zero-order chi connectivity index (χ0) is 19.9. The van der Waals surface area contributed by atoms with Gasteiger partial charge in [0.2, 0.25) is 11.6 Å². The standard InChI is InChI=1S/C18H22N6O4/c1-13-7-9-23(10-8-13)18-16(24(26)27)17(19-12-20-18)22-21-15(25)11-28-14-5-3-2-4-6-14/h2-6,12-13H,7-11H2,1H3,(H,21,25)(H,19,20,22). The smallest absolute Gasteiger partial charge is 0.355 e. The van der Waals surface area contributed by atoms with Crippen LogP contribution in [-0.4, -0.2) is 40.5 Å². The summed E-state index contributed by atoms with van der Waals surface area (Å²) in [6, 6.07) is 8.87. The highest BCUT2D eigenvalue weighted by Gasteiger charge is 2.29. The molecule has 2 aromatic rings. The van der Waals surface area contributed by atoms with Crippen molar-refractivity contribution in [2.24, 2.45) is 5.92 Å². The number of nitro groups is 1. The Kier molecular flexibility index (Phi) is 6.20. The molecule has 1 aromatic carbocycles. The van der Waals surface area contributed by atoms with Gasteiger partial charge in [-0.15, -0.1) is 0 Å². The molecule has 10 nitrogen and oxygen atoms in total. The fourth-order valence-corrected chi connectivity index (χ4v) is 2.91. The van der Waals surface area contributed by atoms with Gasteiger partial charge in [-0.1, -0.05) is 25.1 Å². The molecule has 0 radical (unpaired) electrons. The number of benzene rings is 1. The van der Waals surface area contributed by atoms with Gasteiger partial charge in [0.25, 0.3) is 5.91 Å². The molecule has 1 saturated heterocycles. The third kappa shape index (κ3) is 4.84. The molecule has 0 spiro atoms. The van der Waals surface area contributed by atoms with Gasteiger partial charge < -0.3 is 9.64 Å². The number of hydrogen-bond acceptors (Lipinski definition) is 8. The Bertz CT molecular complexity index is 824. The maximum absolute atomic E-state index is 12.0. The Hall–Kier alpha value is -3.43. The van der Waals surface area contributed by atoms with Crippen LogP contribution in [0.4, 0.5) is 17.3 Å². The molecule has 1 aliphatic rings. The van der Waals surface area contributed by atoms with Crippen LogP contribution in [0.25, 0.3) is 0 Å². The van der Waals surface area contributed by atoms with Gasteiger partial charge in [0.05, 0.1) is 4.92 Å². The molecule has 148 valence electrons. The van der Waals surface area contributed by atoms with Crippen molar-refractivity contribution in [3.05, 3.63) is 46.8 Å². The average molecular weight is 386 g/mol. The maximum Gasteiger partial charge on any atom is 0.355 e. The Morgan fingerprint density at radius 2 is 2.00 bits per heavy atom. The number of para-hydroxylation sites is 1. The molecule has 0 saturated carbocycles. The average Bonchev–Trinajstić information content (AvgIpc) is 2.71. The summed E-state index contributed by atoms with van der Waals surface area (Å²) in [5.74, 6) is 0.821. The zero-order valence-corrected chi connectivity index (χ0v) is 15.5. The van der Waals surface area contributed by atoms with Crippen molar-refractivity contribution < 1.29 is 14.5 Å². The summed E-state index contributed by atoms with van der Waals surface area (Å²) in [6.07, 6.45) is 3.13. The van der Waals surface area contributed by atoms with Crippen LogP contribution < -0.4 is 20.5 Å². The Balaban J connectivity index is 1.65. The largest absolute Gasteiger partial charge is 0.484 e. The number of piperidine rings is 1. The van der Waals surface area contributed by atoms with Crippen molar-refractivity contribution in [2.75, 3.05) is 30.0 Å². The lowest BCUT2D eigenvalue weighted by atomic mass is 9.99. The van der Waals surface area contributed by atoms with Crippen molar-refractivity contribution in [2.45, 2.75) is 19.8 Å².